The summed E-state index contributed by atoms with van der Waals surface area (Å²) in [6.07, 6.45) is 0. The number of rotatable bonds is 3. The maximum Gasteiger partial charge on any atom is 0.304 e. The van der Waals surface area contributed by atoms with Crippen LogP contribution in [0.3, 0.4) is 0 Å². The Balaban J connectivity index is 2.13. The molecule has 1 aromatic carbocycles. The molecule has 4 N–H and O–H groups in total. The number of para-hydroxylation sites is 1. The van der Waals surface area contributed by atoms with Crippen molar-refractivity contribution < 1.29 is 0 Å². The van der Waals surface area contributed by atoms with E-state index in [-0.39, 0.29) is 4.87 Å². The molecular formula is C11H13N3OS. The third-order valence-electron chi connectivity index (χ3n) is 2.33. The van der Waals surface area contributed by atoms with Crippen LogP contribution in [0.4, 0.5) is 11.4 Å². The van der Waals surface area contributed by atoms with E-state index < -0.39 is 0 Å². The lowest BCUT2D eigenvalue weighted by atomic mass is 10.1. The Hall–Kier alpha value is -1.75. The standard InChI is InChI=1S/C11H13N3OS/c1-7-3-2-4-9(12)10(7)13-5-8-6-16-11(15)14-8/h2-4,6,13H,5,12H2,1H3,(H,14,15). The van der Waals surface area contributed by atoms with Crippen LogP contribution in [0.2, 0.25) is 0 Å². The summed E-state index contributed by atoms with van der Waals surface area (Å²) in [7, 11) is 0. The van der Waals surface area contributed by atoms with Crippen molar-refractivity contribution in [3.63, 3.8) is 0 Å². The fraction of sp³-hybridized carbons (Fsp3) is 0.182. The topological polar surface area (TPSA) is 70.9 Å². The summed E-state index contributed by atoms with van der Waals surface area (Å²) in [5, 5.41) is 5.03. The van der Waals surface area contributed by atoms with E-state index in [1.54, 1.807) is 0 Å². The van der Waals surface area contributed by atoms with Gasteiger partial charge in [0, 0.05) is 11.1 Å². The van der Waals surface area contributed by atoms with Crippen molar-refractivity contribution in [1.29, 1.82) is 0 Å². The molecule has 0 saturated carbocycles. The molecule has 16 heavy (non-hydrogen) atoms. The van der Waals surface area contributed by atoms with Gasteiger partial charge in [-0.25, -0.2) is 0 Å². The molecule has 0 radical (unpaired) electrons. The zero-order valence-corrected chi connectivity index (χ0v) is 9.73. The smallest absolute Gasteiger partial charge is 0.304 e. The fourth-order valence-electron chi connectivity index (χ4n) is 1.52. The molecule has 84 valence electrons. The number of nitrogen functional groups attached to an aromatic ring is 1. The van der Waals surface area contributed by atoms with Crippen LogP contribution in [0.15, 0.2) is 28.4 Å². The Bertz CT molecular complexity index is 524. The maximum absolute atomic E-state index is 10.9. The van der Waals surface area contributed by atoms with E-state index in [0.29, 0.717) is 6.54 Å². The summed E-state index contributed by atoms with van der Waals surface area (Å²) in [4.78, 5) is 13.7. The maximum atomic E-state index is 10.9. The van der Waals surface area contributed by atoms with Crippen LogP contribution in [0.25, 0.3) is 0 Å². The first kappa shape index (κ1) is 10.8. The number of aromatic amines is 1. The first-order chi connectivity index (χ1) is 7.66. The van der Waals surface area contributed by atoms with Gasteiger partial charge in [-0.3, -0.25) is 4.79 Å². The highest BCUT2D eigenvalue weighted by molar-refractivity contribution is 7.07. The second-order valence-corrected chi connectivity index (χ2v) is 4.41. The van der Waals surface area contributed by atoms with Gasteiger partial charge in [0.2, 0.25) is 0 Å². The summed E-state index contributed by atoms with van der Waals surface area (Å²) in [6.45, 7) is 2.57. The van der Waals surface area contributed by atoms with E-state index in [1.807, 2.05) is 30.5 Å². The third-order valence-corrected chi connectivity index (χ3v) is 3.05. The van der Waals surface area contributed by atoms with Gasteiger partial charge >= 0.3 is 4.87 Å². The summed E-state index contributed by atoms with van der Waals surface area (Å²) < 4.78 is 0. The lowest BCUT2D eigenvalue weighted by Crippen LogP contribution is -2.06. The Morgan fingerprint density at radius 1 is 1.50 bits per heavy atom. The number of aromatic nitrogens is 1. The highest BCUT2D eigenvalue weighted by Gasteiger charge is 2.02. The molecule has 0 saturated heterocycles. The fourth-order valence-corrected chi connectivity index (χ4v) is 2.10. The van der Waals surface area contributed by atoms with Crippen LogP contribution in [-0.4, -0.2) is 4.98 Å². The first-order valence-corrected chi connectivity index (χ1v) is 5.80. The van der Waals surface area contributed by atoms with Crippen LogP contribution in [0.1, 0.15) is 11.3 Å². The number of benzene rings is 1. The molecule has 1 heterocycles. The summed E-state index contributed by atoms with van der Waals surface area (Å²) >= 11 is 1.17. The van der Waals surface area contributed by atoms with Crippen molar-refractivity contribution in [3.8, 4) is 0 Å². The molecule has 4 nitrogen and oxygen atoms in total. The SMILES string of the molecule is Cc1cccc(N)c1NCc1csc(=O)[nH]1. The van der Waals surface area contributed by atoms with Gasteiger partial charge in [-0.1, -0.05) is 23.5 Å². The van der Waals surface area contributed by atoms with Gasteiger partial charge in [0.05, 0.1) is 17.9 Å². The van der Waals surface area contributed by atoms with E-state index >= 15 is 0 Å². The van der Waals surface area contributed by atoms with Crippen molar-refractivity contribution in [2.75, 3.05) is 11.1 Å². The van der Waals surface area contributed by atoms with E-state index in [4.69, 9.17) is 5.73 Å². The van der Waals surface area contributed by atoms with E-state index in [2.05, 4.69) is 10.3 Å². The number of anilines is 2. The molecule has 0 aliphatic heterocycles. The van der Waals surface area contributed by atoms with Gasteiger partial charge in [0.15, 0.2) is 0 Å². The third kappa shape index (κ3) is 2.25. The minimum Gasteiger partial charge on any atom is -0.397 e. The second-order valence-electron chi connectivity index (χ2n) is 3.57. The highest BCUT2D eigenvalue weighted by atomic mass is 32.1. The predicted octanol–water partition coefficient (Wildman–Crippen LogP) is 1.94. The summed E-state index contributed by atoms with van der Waals surface area (Å²) in [5.74, 6) is 0. The lowest BCUT2D eigenvalue weighted by molar-refractivity contribution is 1.06. The number of hydrogen-bond acceptors (Lipinski definition) is 4. The van der Waals surface area contributed by atoms with Gasteiger partial charge in [-0.15, -0.1) is 0 Å². The largest absolute Gasteiger partial charge is 0.397 e. The molecule has 0 bridgehead atoms. The van der Waals surface area contributed by atoms with Crippen molar-refractivity contribution >= 4 is 22.7 Å². The van der Waals surface area contributed by atoms with Gasteiger partial charge in [-0.05, 0) is 18.6 Å². The summed E-state index contributed by atoms with van der Waals surface area (Å²) in [6, 6.07) is 5.77. The minimum absolute atomic E-state index is 0.0328. The summed E-state index contributed by atoms with van der Waals surface area (Å²) in [5.41, 5.74) is 9.47. The normalized spacial score (nSPS) is 10.3. The molecule has 1 aromatic heterocycles. The Labute approximate surface area is 97.1 Å². The zero-order chi connectivity index (χ0) is 11.5. The molecule has 2 aromatic rings. The molecule has 0 fully saturated rings. The van der Waals surface area contributed by atoms with Crippen LogP contribution < -0.4 is 15.9 Å². The van der Waals surface area contributed by atoms with Crippen molar-refractivity contribution in [1.82, 2.24) is 4.98 Å². The van der Waals surface area contributed by atoms with Crippen LogP contribution in [0, 0.1) is 6.92 Å². The van der Waals surface area contributed by atoms with Gasteiger partial charge < -0.3 is 16.0 Å². The molecule has 0 spiro atoms. The van der Waals surface area contributed by atoms with Crippen LogP contribution >= 0.6 is 11.3 Å². The number of aryl methyl sites for hydroxylation is 1. The molecule has 0 amide bonds. The number of nitrogens with two attached hydrogens (primary N) is 1. The van der Waals surface area contributed by atoms with Crippen LogP contribution in [0.5, 0.6) is 0 Å². The first-order valence-electron chi connectivity index (χ1n) is 4.92. The van der Waals surface area contributed by atoms with Crippen LogP contribution in [-0.2, 0) is 6.54 Å². The zero-order valence-electron chi connectivity index (χ0n) is 8.91. The molecule has 5 heteroatoms. The van der Waals surface area contributed by atoms with Gasteiger partial charge in [0.25, 0.3) is 0 Å². The quantitative estimate of drug-likeness (QED) is 0.712. The minimum atomic E-state index is -0.0328. The lowest BCUT2D eigenvalue weighted by Gasteiger charge is -2.11. The van der Waals surface area contributed by atoms with Crippen molar-refractivity contribution in [2.45, 2.75) is 13.5 Å². The predicted molar refractivity (Wildman–Crippen MR) is 67.9 cm³/mol. The average Bonchev–Trinajstić information content (AvgIpc) is 2.63. The molecule has 0 atom stereocenters. The molecule has 0 aliphatic carbocycles. The number of nitrogens with one attached hydrogen (secondary N) is 2. The molecule has 2 rings (SSSR count). The number of hydrogen-bond donors (Lipinski definition) is 3. The average molecular weight is 235 g/mol. The van der Waals surface area contributed by atoms with Gasteiger partial charge in [0.1, 0.15) is 0 Å². The number of H-pyrrole nitrogens is 1. The molecule has 0 unspecified atom stereocenters. The monoisotopic (exact) mass is 235 g/mol. The van der Waals surface area contributed by atoms with Crippen molar-refractivity contribution in [2.24, 2.45) is 0 Å². The van der Waals surface area contributed by atoms with E-state index in [0.717, 1.165) is 22.6 Å². The van der Waals surface area contributed by atoms with E-state index in [1.165, 1.54) is 11.3 Å². The molecular weight excluding hydrogens is 222 g/mol. The highest BCUT2D eigenvalue weighted by Crippen LogP contribution is 2.22. The van der Waals surface area contributed by atoms with Crippen molar-refractivity contribution in [3.05, 3.63) is 44.5 Å². The Morgan fingerprint density at radius 3 is 2.94 bits per heavy atom. The molecule has 0 aliphatic rings. The second kappa shape index (κ2) is 4.40. The Morgan fingerprint density at radius 2 is 2.31 bits per heavy atom. The van der Waals surface area contributed by atoms with E-state index in [9.17, 15) is 4.79 Å². The van der Waals surface area contributed by atoms with Gasteiger partial charge in [-0.2, -0.15) is 0 Å². The number of thiazole rings is 1. The Kier molecular flexibility index (Phi) is 2.96.